The summed E-state index contributed by atoms with van der Waals surface area (Å²) in [5.74, 6) is 0. The van der Waals surface area contributed by atoms with Gasteiger partial charge in [-0.3, -0.25) is 0 Å². The Labute approximate surface area is 177 Å². The quantitative estimate of drug-likeness (QED) is 0.471. The lowest BCUT2D eigenvalue weighted by Crippen LogP contribution is -2.38. The van der Waals surface area contributed by atoms with Gasteiger partial charge in [0.05, 0.1) is 18.4 Å². The first-order valence-corrected chi connectivity index (χ1v) is 10.1. The minimum Gasteiger partial charge on any atom is -0.316 e. The Balaban J connectivity index is 2.00. The van der Waals surface area contributed by atoms with Gasteiger partial charge in [-0.25, -0.2) is 4.98 Å². The zero-order chi connectivity index (χ0) is 20.8. The second-order valence-electron chi connectivity index (χ2n) is 7.34. The van der Waals surface area contributed by atoms with E-state index in [1.165, 1.54) is 0 Å². The highest BCUT2D eigenvalue weighted by Crippen LogP contribution is 2.41. The molecular formula is C26H24N4. The number of nitrogens with zero attached hydrogens (tertiary/aromatic N) is 3. The molecule has 0 radical (unpaired) electrons. The zero-order valence-corrected chi connectivity index (χ0v) is 16.7. The van der Waals surface area contributed by atoms with E-state index in [1.807, 2.05) is 30.7 Å². The number of nitriles is 1. The van der Waals surface area contributed by atoms with Crippen molar-refractivity contribution >= 4 is 0 Å². The molecule has 0 saturated carbocycles. The molecule has 0 aliphatic heterocycles. The van der Waals surface area contributed by atoms with Crippen LogP contribution in [0.25, 0.3) is 0 Å². The van der Waals surface area contributed by atoms with Gasteiger partial charge < -0.3 is 10.3 Å². The van der Waals surface area contributed by atoms with Gasteiger partial charge in [-0.2, -0.15) is 5.26 Å². The Morgan fingerprint density at radius 1 is 0.833 bits per heavy atom. The molecule has 4 nitrogen and oxygen atoms in total. The van der Waals surface area contributed by atoms with Crippen molar-refractivity contribution < 1.29 is 0 Å². The highest BCUT2D eigenvalue weighted by Gasteiger charge is 2.39. The number of benzene rings is 3. The molecule has 4 rings (SSSR count). The van der Waals surface area contributed by atoms with E-state index in [-0.39, 0.29) is 0 Å². The topological polar surface area (TPSA) is 67.6 Å². The van der Waals surface area contributed by atoms with Crippen LogP contribution in [0.5, 0.6) is 0 Å². The van der Waals surface area contributed by atoms with Crippen LogP contribution in [-0.2, 0) is 12.0 Å². The smallest absolute Gasteiger partial charge is 0.121 e. The summed E-state index contributed by atoms with van der Waals surface area (Å²) in [7, 11) is 0. The number of hydrogen-bond acceptors (Lipinski definition) is 3. The van der Waals surface area contributed by atoms with Gasteiger partial charge in [0.25, 0.3) is 0 Å². The number of imidazole rings is 1. The number of aromatic nitrogens is 2. The minimum atomic E-state index is -0.591. The maximum atomic E-state index is 9.13. The highest BCUT2D eigenvalue weighted by atomic mass is 15.1. The average Bonchev–Trinajstić information content (AvgIpc) is 3.29. The van der Waals surface area contributed by atoms with Gasteiger partial charge in [-0.1, -0.05) is 91.0 Å². The van der Waals surface area contributed by atoms with E-state index in [9.17, 15) is 0 Å². The van der Waals surface area contributed by atoms with Gasteiger partial charge in [0.1, 0.15) is 5.54 Å². The van der Waals surface area contributed by atoms with Crippen molar-refractivity contribution in [2.75, 3.05) is 0 Å². The molecule has 0 saturated heterocycles. The molecule has 1 aromatic heterocycles. The van der Waals surface area contributed by atoms with E-state index in [2.05, 4.69) is 88.4 Å². The van der Waals surface area contributed by atoms with Crippen LogP contribution in [0, 0.1) is 11.3 Å². The SMILES string of the molecule is N#C[C@@H](N)CCc1cncn1C(c1ccccc1)(c1ccccc1)c1ccccc1. The molecule has 3 aromatic carbocycles. The van der Waals surface area contributed by atoms with E-state index in [4.69, 9.17) is 11.0 Å². The molecule has 1 heterocycles. The van der Waals surface area contributed by atoms with Crippen LogP contribution < -0.4 is 5.73 Å². The van der Waals surface area contributed by atoms with Gasteiger partial charge >= 0.3 is 0 Å². The molecule has 0 amide bonds. The minimum absolute atomic E-state index is 0.493. The molecule has 30 heavy (non-hydrogen) atoms. The molecule has 1 atom stereocenters. The normalized spacial score (nSPS) is 12.3. The van der Waals surface area contributed by atoms with E-state index in [1.54, 1.807) is 0 Å². The third-order valence-corrected chi connectivity index (χ3v) is 5.53. The summed E-state index contributed by atoms with van der Waals surface area (Å²) in [6.45, 7) is 0. The van der Waals surface area contributed by atoms with E-state index in [0.717, 1.165) is 22.4 Å². The predicted molar refractivity (Wildman–Crippen MR) is 119 cm³/mol. The molecular weight excluding hydrogens is 368 g/mol. The summed E-state index contributed by atoms with van der Waals surface area (Å²) in [5.41, 5.74) is 9.77. The highest BCUT2D eigenvalue weighted by molar-refractivity contribution is 5.51. The molecule has 4 heteroatoms. The van der Waals surface area contributed by atoms with Gasteiger partial charge in [0.2, 0.25) is 0 Å². The van der Waals surface area contributed by atoms with Crippen molar-refractivity contribution in [2.45, 2.75) is 24.4 Å². The molecule has 0 fully saturated rings. The summed E-state index contributed by atoms with van der Waals surface area (Å²) in [6.07, 6.45) is 5.02. The molecule has 0 aliphatic rings. The van der Waals surface area contributed by atoms with Crippen molar-refractivity contribution in [1.82, 2.24) is 9.55 Å². The lowest BCUT2D eigenvalue weighted by molar-refractivity contribution is 0.490. The van der Waals surface area contributed by atoms with Crippen LogP contribution in [0.15, 0.2) is 104 Å². The summed E-state index contributed by atoms with van der Waals surface area (Å²) in [6, 6.07) is 33.1. The molecule has 0 unspecified atom stereocenters. The van der Waals surface area contributed by atoms with Crippen LogP contribution in [-0.4, -0.2) is 15.6 Å². The number of rotatable bonds is 7. The van der Waals surface area contributed by atoms with Crippen molar-refractivity contribution in [3.63, 3.8) is 0 Å². The fraction of sp³-hybridized carbons (Fsp3) is 0.154. The van der Waals surface area contributed by atoms with Crippen molar-refractivity contribution in [2.24, 2.45) is 5.73 Å². The Morgan fingerprint density at radius 2 is 1.30 bits per heavy atom. The van der Waals surface area contributed by atoms with Crippen molar-refractivity contribution in [1.29, 1.82) is 5.26 Å². The summed E-state index contributed by atoms with van der Waals surface area (Å²) < 4.78 is 2.23. The molecule has 4 aromatic rings. The van der Waals surface area contributed by atoms with Gasteiger partial charge in [-0.05, 0) is 29.5 Å². The Morgan fingerprint density at radius 3 is 1.73 bits per heavy atom. The standard InChI is InChI=1S/C26H24N4/c27-18-24(28)16-17-25-19-29-20-30(25)26(21-10-4-1-5-11-21,22-12-6-2-7-13-22)23-14-8-3-9-15-23/h1-15,19-20,24H,16-17,28H2/t24-/m0/s1. The molecule has 0 bridgehead atoms. The Kier molecular flexibility index (Phi) is 5.74. The first-order chi connectivity index (χ1) is 14.8. The maximum Gasteiger partial charge on any atom is 0.121 e. The fourth-order valence-corrected chi connectivity index (χ4v) is 4.13. The lowest BCUT2D eigenvalue weighted by Gasteiger charge is -2.38. The van der Waals surface area contributed by atoms with Crippen LogP contribution >= 0.6 is 0 Å². The van der Waals surface area contributed by atoms with E-state index < -0.39 is 11.6 Å². The largest absolute Gasteiger partial charge is 0.316 e. The number of aryl methyl sites for hydroxylation is 1. The monoisotopic (exact) mass is 392 g/mol. The zero-order valence-electron chi connectivity index (χ0n) is 16.7. The molecule has 148 valence electrons. The molecule has 0 spiro atoms. The van der Waals surface area contributed by atoms with Gasteiger partial charge in [0.15, 0.2) is 0 Å². The maximum absolute atomic E-state index is 9.13. The van der Waals surface area contributed by atoms with Crippen LogP contribution in [0.1, 0.15) is 28.8 Å². The van der Waals surface area contributed by atoms with E-state index >= 15 is 0 Å². The summed E-state index contributed by atoms with van der Waals surface area (Å²) in [5, 5.41) is 9.13. The van der Waals surface area contributed by atoms with Crippen LogP contribution in [0.4, 0.5) is 0 Å². The fourth-order valence-electron chi connectivity index (χ4n) is 4.13. The van der Waals surface area contributed by atoms with Gasteiger partial charge in [-0.15, -0.1) is 0 Å². The molecule has 2 N–H and O–H groups in total. The lowest BCUT2D eigenvalue weighted by atomic mass is 9.76. The third kappa shape index (κ3) is 3.52. The van der Waals surface area contributed by atoms with E-state index in [0.29, 0.717) is 12.8 Å². The first kappa shape index (κ1) is 19.6. The molecule has 0 aliphatic carbocycles. The first-order valence-electron chi connectivity index (χ1n) is 10.1. The van der Waals surface area contributed by atoms with Crippen LogP contribution in [0.3, 0.4) is 0 Å². The third-order valence-electron chi connectivity index (χ3n) is 5.53. The number of hydrogen-bond donors (Lipinski definition) is 1. The van der Waals surface area contributed by atoms with Crippen molar-refractivity contribution in [3.8, 4) is 6.07 Å². The predicted octanol–water partition coefficient (Wildman–Crippen LogP) is 4.51. The summed E-state index contributed by atoms with van der Waals surface area (Å²) in [4.78, 5) is 4.51. The van der Waals surface area contributed by atoms with Crippen molar-refractivity contribution in [3.05, 3.63) is 126 Å². The summed E-state index contributed by atoms with van der Waals surface area (Å²) >= 11 is 0. The average molecular weight is 393 g/mol. The second kappa shape index (κ2) is 8.77. The van der Waals surface area contributed by atoms with Gasteiger partial charge in [0, 0.05) is 11.9 Å². The second-order valence-corrected chi connectivity index (χ2v) is 7.34. The number of nitrogens with two attached hydrogens (primary N) is 1. The Hall–Kier alpha value is -3.68. The van der Waals surface area contributed by atoms with Crippen LogP contribution in [0.2, 0.25) is 0 Å². The Bertz CT molecular complexity index is 1020.